The van der Waals surface area contributed by atoms with Crippen molar-refractivity contribution >= 4 is 17.3 Å². The second-order valence-electron chi connectivity index (χ2n) is 6.71. The van der Waals surface area contributed by atoms with Crippen LogP contribution < -0.4 is 10.6 Å². The first kappa shape index (κ1) is 22.8. The van der Waals surface area contributed by atoms with E-state index < -0.39 is 12.8 Å². The highest BCUT2D eigenvalue weighted by atomic mass is 32.1. The molecule has 0 atom stereocenters. The third kappa shape index (κ3) is 7.69. The van der Waals surface area contributed by atoms with Gasteiger partial charge in [0.1, 0.15) is 11.6 Å². The van der Waals surface area contributed by atoms with Crippen LogP contribution in [-0.2, 0) is 24.4 Å². The van der Waals surface area contributed by atoms with E-state index in [4.69, 9.17) is 0 Å². The second-order valence-corrected chi connectivity index (χ2v) is 7.57. The summed E-state index contributed by atoms with van der Waals surface area (Å²) in [6.45, 7) is -0.257. The molecule has 0 saturated heterocycles. The number of thiazole rings is 1. The minimum absolute atomic E-state index is 0.0744. The first-order valence-electron chi connectivity index (χ1n) is 9.59. The number of nitrogens with one attached hydrogen (secondary N) is 2. The van der Waals surface area contributed by atoms with Crippen molar-refractivity contribution in [1.29, 1.82) is 0 Å². The van der Waals surface area contributed by atoms with Gasteiger partial charge in [-0.2, -0.15) is 13.2 Å². The van der Waals surface area contributed by atoms with Gasteiger partial charge in [0.15, 0.2) is 5.96 Å². The maximum Gasteiger partial charge on any atom is 0.411 e. The van der Waals surface area contributed by atoms with Gasteiger partial charge < -0.3 is 15.4 Å². The summed E-state index contributed by atoms with van der Waals surface area (Å²) in [6.07, 6.45) is -4.31. The molecule has 0 saturated carbocycles. The minimum atomic E-state index is -4.31. The molecule has 5 nitrogen and oxygen atoms in total. The Morgan fingerprint density at radius 3 is 2.35 bits per heavy atom. The molecule has 0 amide bonds. The van der Waals surface area contributed by atoms with Crippen LogP contribution in [0.4, 0.5) is 13.2 Å². The number of hydrogen-bond donors (Lipinski definition) is 2. The number of aromatic nitrogens is 1. The van der Waals surface area contributed by atoms with E-state index in [9.17, 15) is 13.2 Å². The zero-order valence-electron chi connectivity index (χ0n) is 16.9. The molecule has 0 bridgehead atoms. The summed E-state index contributed by atoms with van der Waals surface area (Å²) in [4.78, 5) is 8.85. The van der Waals surface area contributed by atoms with Crippen LogP contribution in [0.5, 0.6) is 0 Å². The highest BCUT2D eigenvalue weighted by Gasteiger charge is 2.27. The predicted molar refractivity (Wildman–Crippen MR) is 117 cm³/mol. The fraction of sp³-hybridized carbons (Fsp3) is 0.273. The van der Waals surface area contributed by atoms with E-state index in [1.54, 1.807) is 30.5 Å². The molecule has 1 aromatic heterocycles. The Hall–Kier alpha value is -2.91. The lowest BCUT2D eigenvalue weighted by atomic mass is 10.1. The average Bonchev–Trinajstić information content (AvgIpc) is 3.24. The number of nitrogens with zero attached hydrogens (tertiary/aromatic N) is 2. The average molecular weight is 449 g/mol. The molecule has 3 aromatic rings. The number of benzene rings is 2. The van der Waals surface area contributed by atoms with Crippen LogP contribution in [0.1, 0.15) is 16.8 Å². The van der Waals surface area contributed by atoms with Gasteiger partial charge in [0.25, 0.3) is 0 Å². The summed E-state index contributed by atoms with van der Waals surface area (Å²) < 4.78 is 41.1. The van der Waals surface area contributed by atoms with Gasteiger partial charge in [0, 0.05) is 24.5 Å². The molecule has 0 radical (unpaired) electrons. The Morgan fingerprint density at radius 1 is 1.00 bits per heavy atom. The normalized spacial score (nSPS) is 12.1. The summed E-state index contributed by atoms with van der Waals surface area (Å²) in [7, 11) is 1.69. The van der Waals surface area contributed by atoms with Crippen molar-refractivity contribution in [1.82, 2.24) is 15.6 Å². The highest BCUT2D eigenvalue weighted by molar-refractivity contribution is 7.13. The molecule has 0 fully saturated rings. The number of hydrogen-bond acceptors (Lipinski definition) is 4. The molecule has 0 unspecified atom stereocenters. The van der Waals surface area contributed by atoms with Crippen molar-refractivity contribution in [3.63, 3.8) is 0 Å². The summed E-state index contributed by atoms with van der Waals surface area (Å²) in [5, 5.41) is 9.43. The minimum Gasteiger partial charge on any atom is -0.367 e. The number of alkyl halides is 3. The topological polar surface area (TPSA) is 58.5 Å². The van der Waals surface area contributed by atoms with Gasteiger partial charge in [-0.05, 0) is 11.1 Å². The number of rotatable bonds is 8. The van der Waals surface area contributed by atoms with Gasteiger partial charge in [0.2, 0.25) is 0 Å². The third-order valence-corrected chi connectivity index (χ3v) is 5.19. The molecule has 0 aliphatic carbocycles. The molecule has 0 aliphatic rings. The first-order chi connectivity index (χ1) is 14.9. The fourth-order valence-electron chi connectivity index (χ4n) is 2.72. The van der Waals surface area contributed by atoms with E-state index in [-0.39, 0.29) is 6.61 Å². The van der Waals surface area contributed by atoms with Crippen LogP contribution in [0.15, 0.2) is 65.0 Å². The molecule has 164 valence electrons. The Labute approximate surface area is 183 Å². The smallest absolute Gasteiger partial charge is 0.367 e. The summed E-state index contributed by atoms with van der Waals surface area (Å²) in [5.74, 6) is 0.631. The molecular formula is C22H23F3N4OS. The van der Waals surface area contributed by atoms with E-state index in [1.807, 2.05) is 47.8 Å². The molecule has 31 heavy (non-hydrogen) atoms. The monoisotopic (exact) mass is 448 g/mol. The van der Waals surface area contributed by atoms with Gasteiger partial charge in [0.05, 0.1) is 18.8 Å². The van der Waals surface area contributed by atoms with Crippen molar-refractivity contribution in [2.24, 2.45) is 4.99 Å². The van der Waals surface area contributed by atoms with Crippen LogP contribution >= 0.6 is 11.3 Å². The van der Waals surface area contributed by atoms with Crippen molar-refractivity contribution in [3.05, 3.63) is 76.8 Å². The van der Waals surface area contributed by atoms with Crippen LogP contribution in [0.25, 0.3) is 10.6 Å². The van der Waals surface area contributed by atoms with E-state index in [0.717, 1.165) is 21.8 Å². The Morgan fingerprint density at radius 2 is 1.68 bits per heavy atom. The summed E-state index contributed by atoms with van der Waals surface area (Å²) in [6, 6.07) is 17.2. The zero-order valence-corrected chi connectivity index (χ0v) is 17.8. The third-order valence-electron chi connectivity index (χ3n) is 4.25. The Bertz CT molecular complexity index is 972. The first-order valence-corrected chi connectivity index (χ1v) is 10.5. The molecule has 0 spiro atoms. The van der Waals surface area contributed by atoms with E-state index in [1.165, 1.54) is 0 Å². The highest BCUT2D eigenvalue weighted by Crippen LogP contribution is 2.23. The van der Waals surface area contributed by atoms with E-state index >= 15 is 0 Å². The van der Waals surface area contributed by atoms with Crippen LogP contribution in [-0.4, -0.2) is 30.8 Å². The predicted octanol–water partition coefficient (Wildman–Crippen LogP) is 4.75. The van der Waals surface area contributed by atoms with Crippen LogP contribution in [0, 0.1) is 0 Å². The van der Waals surface area contributed by atoms with Gasteiger partial charge in [-0.25, -0.2) is 4.98 Å². The lowest BCUT2D eigenvalue weighted by Gasteiger charge is -2.12. The molecular weight excluding hydrogens is 425 g/mol. The molecule has 0 aliphatic heterocycles. The fourth-order valence-corrected chi connectivity index (χ4v) is 3.55. The lowest BCUT2D eigenvalue weighted by Crippen LogP contribution is -2.36. The number of ether oxygens (including phenoxy) is 1. The quantitative estimate of drug-likeness (QED) is 0.386. The van der Waals surface area contributed by atoms with Crippen LogP contribution in [0.2, 0.25) is 0 Å². The zero-order chi connectivity index (χ0) is 22.1. The molecule has 1 heterocycles. The number of halogens is 3. The summed E-state index contributed by atoms with van der Waals surface area (Å²) >= 11 is 1.60. The van der Waals surface area contributed by atoms with Gasteiger partial charge in [-0.1, -0.05) is 54.6 Å². The Balaban J connectivity index is 1.44. The Kier molecular flexibility index (Phi) is 8.02. The molecule has 2 aromatic carbocycles. The van der Waals surface area contributed by atoms with Crippen molar-refractivity contribution in [2.75, 3.05) is 13.7 Å². The van der Waals surface area contributed by atoms with E-state index in [2.05, 4.69) is 25.3 Å². The largest absolute Gasteiger partial charge is 0.411 e. The molecule has 2 N–H and O–H groups in total. The lowest BCUT2D eigenvalue weighted by molar-refractivity contribution is -0.176. The summed E-state index contributed by atoms with van der Waals surface area (Å²) in [5.41, 5.74) is 3.68. The number of aliphatic imine (C=N–C) groups is 1. The van der Waals surface area contributed by atoms with Crippen LogP contribution in [0.3, 0.4) is 0 Å². The molecule has 9 heteroatoms. The maximum atomic E-state index is 12.1. The van der Waals surface area contributed by atoms with Gasteiger partial charge in [-0.15, -0.1) is 11.3 Å². The van der Waals surface area contributed by atoms with Crippen molar-refractivity contribution < 1.29 is 17.9 Å². The molecule has 3 rings (SSSR count). The van der Waals surface area contributed by atoms with E-state index in [0.29, 0.717) is 24.6 Å². The SMILES string of the molecule is CN=C(NCc1ccc(COCC(F)(F)F)cc1)NCc1csc(-c2ccccc2)n1. The standard InChI is InChI=1S/C22H23F3N4OS/c1-26-21(28-12-19-14-31-20(29-19)18-5-3-2-4-6-18)27-11-16-7-9-17(10-8-16)13-30-15-22(23,24)25/h2-10,14H,11-13,15H2,1H3,(H2,26,27,28). The van der Waals surface area contributed by atoms with Gasteiger partial charge >= 0.3 is 6.18 Å². The van der Waals surface area contributed by atoms with Crippen molar-refractivity contribution in [2.45, 2.75) is 25.9 Å². The maximum absolute atomic E-state index is 12.1. The van der Waals surface area contributed by atoms with Crippen molar-refractivity contribution in [3.8, 4) is 10.6 Å². The number of guanidine groups is 1. The second kappa shape index (κ2) is 10.9. The van der Waals surface area contributed by atoms with Gasteiger partial charge in [-0.3, -0.25) is 4.99 Å².